The normalized spacial score (nSPS) is 10.6. The van der Waals surface area contributed by atoms with Crippen LogP contribution in [0.1, 0.15) is 31.8 Å². The number of benzene rings is 3. The second-order valence-corrected chi connectivity index (χ2v) is 7.36. The number of hydrazine groups is 1. The molecular formula is C24H18ClN3O3. The van der Waals surface area contributed by atoms with Gasteiger partial charge in [-0.05, 0) is 42.0 Å². The molecule has 0 saturated heterocycles. The van der Waals surface area contributed by atoms with Gasteiger partial charge in [-0.25, -0.2) is 0 Å². The highest BCUT2D eigenvalue weighted by Gasteiger charge is 2.18. The number of nitrogens with one attached hydrogen (secondary N) is 3. The van der Waals surface area contributed by atoms with Crippen molar-refractivity contribution in [2.45, 2.75) is 6.42 Å². The molecule has 7 heteroatoms. The van der Waals surface area contributed by atoms with E-state index in [1.54, 1.807) is 48.7 Å². The number of amides is 2. The molecule has 4 aromatic rings. The highest BCUT2D eigenvalue weighted by molar-refractivity contribution is 6.30. The third-order valence-electron chi connectivity index (χ3n) is 4.86. The molecule has 0 unspecified atom stereocenters. The van der Waals surface area contributed by atoms with Gasteiger partial charge in [0.25, 0.3) is 5.91 Å². The fraction of sp³-hybridized carbons (Fsp3) is 0.0417. The molecule has 0 fully saturated rings. The van der Waals surface area contributed by atoms with E-state index in [0.717, 1.165) is 16.5 Å². The third-order valence-corrected chi connectivity index (χ3v) is 5.12. The van der Waals surface area contributed by atoms with Crippen LogP contribution >= 0.6 is 11.6 Å². The summed E-state index contributed by atoms with van der Waals surface area (Å²) in [6, 6.07) is 20.5. The van der Waals surface area contributed by atoms with Crippen LogP contribution in [0.2, 0.25) is 5.02 Å². The lowest BCUT2D eigenvalue weighted by Crippen LogP contribution is -2.42. The van der Waals surface area contributed by atoms with Crippen LogP contribution < -0.4 is 10.9 Å². The zero-order valence-corrected chi connectivity index (χ0v) is 17.1. The quantitative estimate of drug-likeness (QED) is 0.329. The average molecular weight is 432 g/mol. The van der Waals surface area contributed by atoms with E-state index in [9.17, 15) is 14.4 Å². The first-order valence-electron chi connectivity index (χ1n) is 9.56. The number of halogens is 1. The minimum absolute atomic E-state index is 0.0929. The zero-order chi connectivity index (χ0) is 21.8. The number of aromatic nitrogens is 1. The number of aromatic amines is 1. The third kappa shape index (κ3) is 4.49. The lowest BCUT2D eigenvalue weighted by atomic mass is 9.98. The highest BCUT2D eigenvalue weighted by atomic mass is 35.5. The molecule has 0 saturated carbocycles. The maximum Gasteiger partial charge on any atom is 0.270 e. The molecule has 0 radical (unpaired) electrons. The van der Waals surface area contributed by atoms with E-state index in [1.807, 2.05) is 24.3 Å². The SMILES string of the molecule is O=C(Cc1c[nH]c2ccccc12)NNC(=O)c1ccccc1C(=O)c1ccc(Cl)cc1. The standard InChI is InChI=1S/C24H18ClN3O3/c25-17-11-9-15(10-12-17)23(30)19-6-1-2-7-20(19)24(31)28-27-22(29)13-16-14-26-21-8-4-3-5-18(16)21/h1-12,14,26H,13H2,(H,27,29)(H,28,31). The van der Waals surface area contributed by atoms with Gasteiger partial charge in [0.1, 0.15) is 0 Å². The summed E-state index contributed by atoms with van der Waals surface area (Å²) in [5, 5.41) is 1.46. The highest BCUT2D eigenvalue weighted by Crippen LogP contribution is 2.19. The molecule has 4 rings (SSSR count). The van der Waals surface area contributed by atoms with E-state index >= 15 is 0 Å². The monoisotopic (exact) mass is 431 g/mol. The van der Waals surface area contributed by atoms with E-state index in [-0.39, 0.29) is 29.2 Å². The second-order valence-electron chi connectivity index (χ2n) is 6.92. The number of carbonyl (C=O) groups is 3. The number of hydrogen-bond donors (Lipinski definition) is 3. The Labute approximate surface area is 183 Å². The smallest absolute Gasteiger partial charge is 0.270 e. The Hall–Kier alpha value is -3.90. The minimum Gasteiger partial charge on any atom is -0.361 e. The van der Waals surface area contributed by atoms with Crippen molar-refractivity contribution in [1.29, 1.82) is 0 Å². The van der Waals surface area contributed by atoms with Crippen molar-refractivity contribution in [2.24, 2.45) is 0 Å². The number of ketones is 1. The maximum absolute atomic E-state index is 12.8. The number of H-pyrrole nitrogens is 1. The number of para-hydroxylation sites is 1. The topological polar surface area (TPSA) is 91.1 Å². The Bertz CT molecular complexity index is 1280. The molecule has 0 aliphatic rings. The van der Waals surface area contributed by atoms with Crippen LogP contribution in [0.25, 0.3) is 10.9 Å². The summed E-state index contributed by atoms with van der Waals surface area (Å²) in [6.45, 7) is 0. The minimum atomic E-state index is -0.579. The molecule has 6 nitrogen and oxygen atoms in total. The molecule has 0 aliphatic carbocycles. The van der Waals surface area contributed by atoms with Gasteiger partial charge >= 0.3 is 0 Å². The van der Waals surface area contributed by atoms with Gasteiger partial charge in [0, 0.05) is 33.2 Å². The fourth-order valence-corrected chi connectivity index (χ4v) is 3.45. The van der Waals surface area contributed by atoms with E-state index in [2.05, 4.69) is 15.8 Å². The molecule has 154 valence electrons. The van der Waals surface area contributed by atoms with Crippen molar-refractivity contribution in [1.82, 2.24) is 15.8 Å². The van der Waals surface area contributed by atoms with Crippen molar-refractivity contribution < 1.29 is 14.4 Å². The summed E-state index contributed by atoms with van der Waals surface area (Å²) in [5.41, 5.74) is 7.37. The first-order chi connectivity index (χ1) is 15.0. The van der Waals surface area contributed by atoms with Crippen LogP contribution in [0.3, 0.4) is 0 Å². The molecule has 0 spiro atoms. The van der Waals surface area contributed by atoms with Crippen LogP contribution in [-0.4, -0.2) is 22.6 Å². The Morgan fingerprint density at radius 2 is 1.48 bits per heavy atom. The van der Waals surface area contributed by atoms with Crippen LogP contribution in [0.4, 0.5) is 0 Å². The van der Waals surface area contributed by atoms with Gasteiger partial charge in [0.2, 0.25) is 5.91 Å². The van der Waals surface area contributed by atoms with Crippen LogP contribution in [0.5, 0.6) is 0 Å². The second kappa shape index (κ2) is 8.85. The van der Waals surface area contributed by atoms with Crippen molar-refractivity contribution in [2.75, 3.05) is 0 Å². The molecule has 1 aromatic heterocycles. The lowest BCUT2D eigenvalue weighted by Gasteiger charge is -2.11. The van der Waals surface area contributed by atoms with E-state index in [0.29, 0.717) is 10.6 Å². The van der Waals surface area contributed by atoms with Gasteiger partial charge in [-0.15, -0.1) is 0 Å². The van der Waals surface area contributed by atoms with Crippen LogP contribution in [0.15, 0.2) is 79.0 Å². The average Bonchev–Trinajstić information content (AvgIpc) is 3.20. The first kappa shape index (κ1) is 20.4. The Kier molecular flexibility index (Phi) is 5.82. The fourth-order valence-electron chi connectivity index (χ4n) is 3.32. The molecule has 0 atom stereocenters. The van der Waals surface area contributed by atoms with Crippen LogP contribution in [0, 0.1) is 0 Å². The number of fused-ring (bicyclic) bond motifs is 1. The predicted molar refractivity (Wildman–Crippen MR) is 119 cm³/mol. The van der Waals surface area contributed by atoms with Gasteiger partial charge < -0.3 is 4.98 Å². The molecule has 0 bridgehead atoms. The summed E-state index contributed by atoms with van der Waals surface area (Å²) in [7, 11) is 0. The van der Waals surface area contributed by atoms with Gasteiger partial charge in [-0.3, -0.25) is 25.2 Å². The van der Waals surface area contributed by atoms with Crippen molar-refractivity contribution >= 4 is 40.1 Å². The molecule has 3 N–H and O–H groups in total. The first-order valence-corrected chi connectivity index (χ1v) is 9.94. The van der Waals surface area contributed by atoms with Gasteiger partial charge in [0.15, 0.2) is 5.78 Å². The number of carbonyl (C=O) groups excluding carboxylic acids is 3. The van der Waals surface area contributed by atoms with Crippen LogP contribution in [-0.2, 0) is 11.2 Å². The van der Waals surface area contributed by atoms with Gasteiger partial charge in [0.05, 0.1) is 12.0 Å². The van der Waals surface area contributed by atoms with Gasteiger partial charge in [-0.2, -0.15) is 0 Å². The molecular weight excluding hydrogens is 414 g/mol. The van der Waals surface area contributed by atoms with Crippen molar-refractivity contribution in [3.05, 3.63) is 106 Å². The molecule has 31 heavy (non-hydrogen) atoms. The van der Waals surface area contributed by atoms with Crippen molar-refractivity contribution in [3.63, 3.8) is 0 Å². The maximum atomic E-state index is 12.8. The lowest BCUT2D eigenvalue weighted by molar-refractivity contribution is -0.121. The predicted octanol–water partition coefficient (Wildman–Crippen LogP) is 4.06. The van der Waals surface area contributed by atoms with E-state index in [1.165, 1.54) is 6.07 Å². The van der Waals surface area contributed by atoms with Gasteiger partial charge in [-0.1, -0.05) is 48.0 Å². The molecule has 0 aliphatic heterocycles. The molecule has 2 amide bonds. The summed E-state index contributed by atoms with van der Waals surface area (Å²) in [5.74, 6) is -1.27. The Morgan fingerprint density at radius 1 is 0.806 bits per heavy atom. The summed E-state index contributed by atoms with van der Waals surface area (Å²) in [4.78, 5) is 41.0. The zero-order valence-electron chi connectivity index (χ0n) is 16.3. The summed E-state index contributed by atoms with van der Waals surface area (Å²) >= 11 is 5.88. The van der Waals surface area contributed by atoms with Crippen molar-refractivity contribution in [3.8, 4) is 0 Å². The Morgan fingerprint density at radius 3 is 2.26 bits per heavy atom. The number of rotatable bonds is 5. The summed E-state index contributed by atoms with van der Waals surface area (Å²) in [6.07, 6.45) is 1.86. The number of hydrogen-bond acceptors (Lipinski definition) is 3. The molecule has 1 heterocycles. The summed E-state index contributed by atoms with van der Waals surface area (Å²) < 4.78 is 0. The van der Waals surface area contributed by atoms with E-state index < -0.39 is 5.91 Å². The van der Waals surface area contributed by atoms with E-state index in [4.69, 9.17) is 11.6 Å². The largest absolute Gasteiger partial charge is 0.361 e. The Balaban J connectivity index is 1.45. The molecule has 3 aromatic carbocycles.